The summed E-state index contributed by atoms with van der Waals surface area (Å²) in [6, 6.07) is 4.76. The third kappa shape index (κ3) is 5.00. The maximum atomic E-state index is 14.0. The molecule has 1 spiro atoms. The summed E-state index contributed by atoms with van der Waals surface area (Å²) in [5, 5.41) is 0. The van der Waals surface area contributed by atoms with E-state index >= 15 is 0 Å². The van der Waals surface area contributed by atoms with Crippen LogP contribution in [0.15, 0.2) is 24.3 Å². The second-order valence-corrected chi connectivity index (χ2v) is 9.69. The highest BCUT2D eigenvalue weighted by Gasteiger charge is 2.50. The largest absolute Gasteiger partial charge is 0.464 e. The smallest absolute Gasteiger partial charge is 0.425 e. The molecular weight excluding hydrogens is 501 g/mol. The van der Waals surface area contributed by atoms with Crippen LogP contribution in [0.4, 0.5) is 39.4 Å². The van der Waals surface area contributed by atoms with E-state index < -0.39 is 35.4 Å². The van der Waals surface area contributed by atoms with Crippen molar-refractivity contribution in [3.05, 3.63) is 35.9 Å². The minimum atomic E-state index is -4.61. The molecule has 2 aromatic rings. The molecule has 3 saturated heterocycles. The van der Waals surface area contributed by atoms with Crippen molar-refractivity contribution in [2.45, 2.75) is 49.9 Å². The molecule has 0 aliphatic carbocycles. The van der Waals surface area contributed by atoms with Crippen molar-refractivity contribution in [3.63, 3.8) is 0 Å². The molecule has 3 aliphatic heterocycles. The lowest BCUT2D eigenvalue weighted by Crippen LogP contribution is -2.60. The van der Waals surface area contributed by atoms with E-state index in [0.29, 0.717) is 56.7 Å². The van der Waals surface area contributed by atoms with E-state index in [4.69, 9.17) is 15.2 Å². The second kappa shape index (κ2) is 9.58. The zero-order chi connectivity index (χ0) is 26.4. The topological polar surface area (TPSA) is 93.8 Å². The van der Waals surface area contributed by atoms with Gasteiger partial charge in [0.25, 0.3) is 0 Å². The van der Waals surface area contributed by atoms with Crippen LogP contribution in [-0.4, -0.2) is 60.0 Å². The number of nitrogens with zero attached hydrogens (tertiary/aromatic N) is 4. The average molecular weight is 527 g/mol. The number of carbonyl (C=O) groups excluding carboxylic acids is 1. The number of hydrogen-bond acceptors (Lipinski definition) is 7. The standard InChI is InChI=1S/C24H26F5N5O3/c25-16-4-3-15(10-17(16)26)34-20(35)2-1-5-23(34)6-8-33(9-7-23)18-11-19(32-22(30)31-18)37-21(24(27,28)29)14-12-36-13-14/h3-4,10-11,14,21H,1-2,5-9,12-13H2,(H2,30,31,32)/t21-/m0/s1. The van der Waals surface area contributed by atoms with Crippen LogP contribution in [0.1, 0.15) is 32.1 Å². The van der Waals surface area contributed by atoms with Gasteiger partial charge < -0.3 is 25.0 Å². The van der Waals surface area contributed by atoms with Crippen molar-refractivity contribution in [3.8, 4) is 5.88 Å². The molecule has 0 bridgehead atoms. The molecule has 5 rings (SSSR count). The van der Waals surface area contributed by atoms with Crippen LogP contribution in [-0.2, 0) is 9.53 Å². The lowest BCUT2D eigenvalue weighted by Gasteiger charge is -2.51. The SMILES string of the molecule is Nc1nc(O[C@@H](C2COC2)C(F)(F)F)cc(N2CCC3(CCCC(=O)N3c3ccc(F)c(F)c3)CC2)n1. The number of halogens is 5. The number of amides is 1. The first-order valence-electron chi connectivity index (χ1n) is 12.0. The highest BCUT2D eigenvalue weighted by atomic mass is 19.4. The van der Waals surface area contributed by atoms with Gasteiger partial charge in [0, 0.05) is 37.3 Å². The number of hydrogen-bond donors (Lipinski definition) is 1. The molecule has 200 valence electrons. The van der Waals surface area contributed by atoms with E-state index in [2.05, 4.69) is 9.97 Å². The van der Waals surface area contributed by atoms with Crippen LogP contribution in [0.5, 0.6) is 5.88 Å². The number of alkyl halides is 3. The monoisotopic (exact) mass is 527 g/mol. The Kier molecular flexibility index (Phi) is 6.59. The molecule has 1 aromatic carbocycles. The van der Waals surface area contributed by atoms with E-state index in [9.17, 15) is 26.7 Å². The second-order valence-electron chi connectivity index (χ2n) is 9.69. The number of anilines is 3. The first-order valence-corrected chi connectivity index (χ1v) is 12.0. The lowest BCUT2D eigenvalue weighted by atomic mass is 9.78. The number of carbonyl (C=O) groups is 1. The Morgan fingerprint density at radius 1 is 1.08 bits per heavy atom. The molecule has 0 saturated carbocycles. The third-order valence-corrected chi connectivity index (χ3v) is 7.30. The Bertz CT molecular complexity index is 1170. The highest BCUT2D eigenvalue weighted by molar-refractivity contribution is 5.95. The Balaban J connectivity index is 1.35. The van der Waals surface area contributed by atoms with Crippen LogP contribution >= 0.6 is 0 Å². The molecule has 1 atom stereocenters. The van der Waals surface area contributed by atoms with Gasteiger partial charge in [0.05, 0.1) is 24.7 Å². The third-order valence-electron chi connectivity index (χ3n) is 7.30. The molecule has 3 aliphatic rings. The van der Waals surface area contributed by atoms with Gasteiger partial charge in [-0.15, -0.1) is 0 Å². The maximum Gasteiger partial charge on any atom is 0.425 e. The van der Waals surface area contributed by atoms with Crippen molar-refractivity contribution in [1.82, 2.24) is 9.97 Å². The Hall–Kier alpha value is -3.22. The molecular formula is C24H26F5N5O3. The van der Waals surface area contributed by atoms with Crippen molar-refractivity contribution >= 4 is 23.4 Å². The Morgan fingerprint density at radius 2 is 1.81 bits per heavy atom. The summed E-state index contributed by atoms with van der Waals surface area (Å²) >= 11 is 0. The van der Waals surface area contributed by atoms with Crippen LogP contribution in [0.3, 0.4) is 0 Å². The summed E-state index contributed by atoms with van der Waals surface area (Å²) in [5.41, 5.74) is 5.50. The van der Waals surface area contributed by atoms with Crippen LogP contribution in [0.2, 0.25) is 0 Å². The van der Waals surface area contributed by atoms with E-state index in [-0.39, 0.29) is 30.9 Å². The van der Waals surface area contributed by atoms with E-state index in [1.165, 1.54) is 12.1 Å². The molecule has 0 unspecified atom stereocenters. The first kappa shape index (κ1) is 25.4. The van der Waals surface area contributed by atoms with Gasteiger partial charge in [-0.1, -0.05) is 0 Å². The normalized spacial score (nSPS) is 21.2. The predicted molar refractivity (Wildman–Crippen MR) is 123 cm³/mol. The lowest BCUT2D eigenvalue weighted by molar-refractivity contribution is -0.239. The number of nitrogens with two attached hydrogens (primary N) is 1. The Labute approximate surface area is 209 Å². The van der Waals surface area contributed by atoms with E-state index in [1.54, 1.807) is 4.90 Å². The quantitative estimate of drug-likeness (QED) is 0.591. The summed E-state index contributed by atoms with van der Waals surface area (Å²) in [6.45, 7) is 0.697. The summed E-state index contributed by atoms with van der Waals surface area (Å²) < 4.78 is 78.3. The molecule has 2 N–H and O–H groups in total. The highest BCUT2D eigenvalue weighted by Crippen LogP contribution is 2.42. The van der Waals surface area contributed by atoms with Gasteiger partial charge in [0.15, 0.2) is 11.6 Å². The fourth-order valence-electron chi connectivity index (χ4n) is 5.37. The van der Waals surface area contributed by atoms with Crippen LogP contribution in [0.25, 0.3) is 0 Å². The van der Waals surface area contributed by atoms with Gasteiger partial charge in [-0.05, 0) is 37.8 Å². The molecule has 1 amide bonds. The number of aromatic nitrogens is 2. The number of benzene rings is 1. The van der Waals surface area contributed by atoms with Crippen molar-refractivity contribution in [2.24, 2.45) is 5.92 Å². The summed E-state index contributed by atoms with van der Waals surface area (Å²) in [4.78, 5) is 24.4. The van der Waals surface area contributed by atoms with Gasteiger partial charge in [-0.3, -0.25) is 4.79 Å². The summed E-state index contributed by atoms with van der Waals surface area (Å²) in [6.07, 6.45) is -4.05. The summed E-state index contributed by atoms with van der Waals surface area (Å²) in [5.74, 6) is -3.22. The van der Waals surface area contributed by atoms with Gasteiger partial charge in [0.1, 0.15) is 5.82 Å². The molecule has 8 nitrogen and oxygen atoms in total. The fourth-order valence-corrected chi connectivity index (χ4v) is 5.37. The number of piperidine rings is 2. The van der Waals surface area contributed by atoms with Crippen molar-refractivity contribution < 1.29 is 36.2 Å². The van der Waals surface area contributed by atoms with Gasteiger partial charge >= 0.3 is 6.18 Å². The van der Waals surface area contributed by atoms with Crippen LogP contribution < -0.4 is 20.3 Å². The predicted octanol–water partition coefficient (Wildman–Crippen LogP) is 3.85. The number of nitrogen functional groups attached to an aromatic ring is 1. The Morgan fingerprint density at radius 3 is 2.43 bits per heavy atom. The van der Waals surface area contributed by atoms with Gasteiger partial charge in [0.2, 0.25) is 23.8 Å². The number of rotatable bonds is 5. The molecule has 1 aromatic heterocycles. The molecule has 13 heteroatoms. The van der Waals surface area contributed by atoms with Crippen molar-refractivity contribution in [1.29, 1.82) is 0 Å². The number of ether oxygens (including phenoxy) is 2. The van der Waals surface area contributed by atoms with Gasteiger partial charge in [-0.25, -0.2) is 8.78 Å². The zero-order valence-corrected chi connectivity index (χ0v) is 19.8. The average Bonchev–Trinajstić information content (AvgIpc) is 2.79. The fraction of sp³-hybridized carbons (Fsp3) is 0.542. The molecule has 4 heterocycles. The van der Waals surface area contributed by atoms with Crippen LogP contribution in [0, 0.1) is 17.6 Å². The molecule has 37 heavy (non-hydrogen) atoms. The zero-order valence-electron chi connectivity index (χ0n) is 19.8. The van der Waals surface area contributed by atoms with Gasteiger partial charge in [-0.2, -0.15) is 23.1 Å². The maximum absolute atomic E-state index is 14.0. The summed E-state index contributed by atoms with van der Waals surface area (Å²) in [7, 11) is 0. The van der Waals surface area contributed by atoms with E-state index in [0.717, 1.165) is 12.1 Å². The molecule has 0 radical (unpaired) electrons. The minimum absolute atomic E-state index is 0.0566. The van der Waals surface area contributed by atoms with E-state index in [1.807, 2.05) is 4.90 Å². The van der Waals surface area contributed by atoms with Crippen molar-refractivity contribution in [2.75, 3.05) is 41.8 Å². The molecule has 3 fully saturated rings. The minimum Gasteiger partial charge on any atom is -0.464 e. The first-order chi connectivity index (χ1) is 17.6.